The fraction of sp³-hybridized carbons (Fsp3) is 1.00. The molecule has 112 valence electrons. The van der Waals surface area contributed by atoms with Crippen molar-refractivity contribution in [1.82, 2.24) is 10.2 Å². The molecule has 2 rings (SSSR count). The molecule has 1 unspecified atom stereocenters. The van der Waals surface area contributed by atoms with E-state index in [9.17, 15) is 13.2 Å². The molecule has 6 heteroatoms. The van der Waals surface area contributed by atoms with E-state index in [0.29, 0.717) is 19.7 Å². The molecule has 19 heavy (non-hydrogen) atoms. The van der Waals surface area contributed by atoms with Gasteiger partial charge >= 0.3 is 6.18 Å². The fourth-order valence-electron chi connectivity index (χ4n) is 2.80. The molecule has 1 aliphatic heterocycles. The fourth-order valence-corrected chi connectivity index (χ4v) is 2.80. The zero-order valence-corrected chi connectivity index (χ0v) is 11.4. The van der Waals surface area contributed by atoms with Crippen LogP contribution < -0.4 is 5.32 Å². The largest absolute Gasteiger partial charge is 0.394 e. The second-order valence-corrected chi connectivity index (χ2v) is 5.92. The van der Waals surface area contributed by atoms with E-state index in [1.54, 1.807) is 7.11 Å². The van der Waals surface area contributed by atoms with E-state index in [0.717, 1.165) is 25.8 Å². The van der Waals surface area contributed by atoms with Gasteiger partial charge in [-0.1, -0.05) is 0 Å². The molecular formula is C13H23F3N2O. The van der Waals surface area contributed by atoms with Crippen LogP contribution in [0.5, 0.6) is 0 Å². The zero-order chi connectivity index (χ0) is 13.9. The summed E-state index contributed by atoms with van der Waals surface area (Å²) in [6.45, 7) is 3.02. The molecule has 0 bridgehead atoms. The van der Waals surface area contributed by atoms with Crippen LogP contribution in [0.15, 0.2) is 0 Å². The topological polar surface area (TPSA) is 24.5 Å². The molecule has 0 aromatic carbocycles. The van der Waals surface area contributed by atoms with E-state index in [1.807, 2.05) is 4.90 Å². The smallest absolute Gasteiger partial charge is 0.385 e. The molecule has 1 atom stereocenters. The van der Waals surface area contributed by atoms with Gasteiger partial charge in [-0.3, -0.25) is 0 Å². The number of rotatable bonds is 5. The Morgan fingerprint density at radius 1 is 1.37 bits per heavy atom. The molecular weight excluding hydrogens is 257 g/mol. The van der Waals surface area contributed by atoms with Crippen molar-refractivity contribution >= 4 is 0 Å². The summed E-state index contributed by atoms with van der Waals surface area (Å²) in [6.07, 6.45) is -0.892. The summed E-state index contributed by atoms with van der Waals surface area (Å²) < 4.78 is 43.7. The van der Waals surface area contributed by atoms with Gasteiger partial charge in [0, 0.05) is 46.4 Å². The van der Waals surface area contributed by atoms with Crippen molar-refractivity contribution in [1.29, 1.82) is 0 Å². The molecule has 1 saturated heterocycles. The van der Waals surface area contributed by atoms with Gasteiger partial charge in [-0.2, -0.15) is 13.2 Å². The van der Waals surface area contributed by atoms with Gasteiger partial charge in [0.05, 0.1) is 5.92 Å². The average Bonchev–Trinajstić information content (AvgIpc) is 3.11. The summed E-state index contributed by atoms with van der Waals surface area (Å²) in [6, 6.07) is 0. The van der Waals surface area contributed by atoms with Crippen LogP contribution in [-0.2, 0) is 4.74 Å². The minimum absolute atomic E-state index is 0.0467. The van der Waals surface area contributed by atoms with E-state index in [1.165, 1.54) is 0 Å². The highest BCUT2D eigenvalue weighted by Crippen LogP contribution is 2.49. The molecule has 0 radical (unpaired) electrons. The van der Waals surface area contributed by atoms with E-state index in [-0.39, 0.29) is 18.5 Å². The standard InChI is InChI=1S/C13H23F3N2O/c1-19-7-4-12(2-3-12)10-18-6-5-17-8-11(9-18)13(14,15)16/h11,17H,2-10H2,1H3. The first-order valence-corrected chi connectivity index (χ1v) is 6.94. The van der Waals surface area contributed by atoms with Crippen LogP contribution in [0, 0.1) is 11.3 Å². The number of nitrogens with zero attached hydrogens (tertiary/aromatic N) is 1. The molecule has 2 fully saturated rings. The second-order valence-electron chi connectivity index (χ2n) is 5.92. The summed E-state index contributed by atoms with van der Waals surface area (Å²) in [5, 5.41) is 2.90. The first-order valence-electron chi connectivity index (χ1n) is 6.94. The van der Waals surface area contributed by atoms with Gasteiger partial charge in [0.25, 0.3) is 0 Å². The molecule has 0 aromatic rings. The lowest BCUT2D eigenvalue weighted by molar-refractivity contribution is -0.176. The van der Waals surface area contributed by atoms with Crippen molar-refractivity contribution < 1.29 is 17.9 Å². The van der Waals surface area contributed by atoms with Gasteiger partial charge in [0.1, 0.15) is 0 Å². The summed E-state index contributed by atoms with van der Waals surface area (Å²) in [4.78, 5) is 1.99. The van der Waals surface area contributed by atoms with Crippen LogP contribution in [-0.4, -0.2) is 57.5 Å². The van der Waals surface area contributed by atoms with E-state index >= 15 is 0 Å². The Balaban J connectivity index is 1.88. The van der Waals surface area contributed by atoms with Crippen LogP contribution >= 0.6 is 0 Å². The van der Waals surface area contributed by atoms with E-state index in [4.69, 9.17) is 4.74 Å². The van der Waals surface area contributed by atoms with Crippen LogP contribution in [0.1, 0.15) is 19.3 Å². The maximum absolute atomic E-state index is 12.9. The van der Waals surface area contributed by atoms with Crippen molar-refractivity contribution in [2.24, 2.45) is 11.3 Å². The van der Waals surface area contributed by atoms with E-state index < -0.39 is 12.1 Å². The van der Waals surface area contributed by atoms with Gasteiger partial charge in [-0.05, 0) is 24.7 Å². The average molecular weight is 280 g/mol. The predicted molar refractivity (Wildman–Crippen MR) is 67.0 cm³/mol. The molecule has 1 N–H and O–H groups in total. The van der Waals surface area contributed by atoms with Gasteiger partial charge in [0.2, 0.25) is 0 Å². The number of ether oxygens (including phenoxy) is 1. The molecule has 1 aliphatic carbocycles. The maximum Gasteiger partial charge on any atom is 0.394 e. The third-order valence-electron chi connectivity index (χ3n) is 4.29. The van der Waals surface area contributed by atoms with Gasteiger partial charge in [-0.15, -0.1) is 0 Å². The number of hydrogen-bond donors (Lipinski definition) is 1. The molecule has 1 saturated carbocycles. The number of nitrogens with one attached hydrogen (secondary N) is 1. The molecule has 0 amide bonds. The van der Waals surface area contributed by atoms with Crippen LogP contribution in [0.3, 0.4) is 0 Å². The third-order valence-corrected chi connectivity index (χ3v) is 4.29. The lowest BCUT2D eigenvalue weighted by Gasteiger charge is -2.29. The second kappa shape index (κ2) is 5.97. The summed E-state index contributed by atoms with van der Waals surface area (Å²) in [7, 11) is 1.67. The highest BCUT2D eigenvalue weighted by Gasteiger charge is 2.46. The third kappa shape index (κ3) is 4.33. The monoisotopic (exact) mass is 280 g/mol. The quantitative estimate of drug-likeness (QED) is 0.832. The van der Waals surface area contributed by atoms with Crippen molar-refractivity contribution in [2.75, 3.05) is 46.4 Å². The number of hydrogen-bond acceptors (Lipinski definition) is 3. The Bertz CT molecular complexity index is 292. The summed E-state index contributed by atoms with van der Waals surface area (Å²) in [5.41, 5.74) is 0.219. The normalized spacial score (nSPS) is 28.1. The van der Waals surface area contributed by atoms with Gasteiger partial charge < -0.3 is 15.0 Å². The minimum Gasteiger partial charge on any atom is -0.385 e. The Morgan fingerprint density at radius 2 is 2.11 bits per heavy atom. The molecule has 3 nitrogen and oxygen atoms in total. The highest BCUT2D eigenvalue weighted by molar-refractivity contribution is 4.96. The molecule has 1 heterocycles. The Kier molecular flexibility index (Phi) is 4.74. The van der Waals surface area contributed by atoms with Gasteiger partial charge in [0.15, 0.2) is 0 Å². The molecule has 0 aromatic heterocycles. The van der Waals surface area contributed by atoms with Crippen molar-refractivity contribution in [3.63, 3.8) is 0 Å². The SMILES string of the molecule is COCCC1(CN2CCNCC(C(F)(F)F)C2)CC1. The Hall–Kier alpha value is -0.330. The van der Waals surface area contributed by atoms with Crippen molar-refractivity contribution in [3.8, 4) is 0 Å². The van der Waals surface area contributed by atoms with Crippen molar-refractivity contribution in [2.45, 2.75) is 25.4 Å². The lowest BCUT2D eigenvalue weighted by atomic mass is 10.0. The zero-order valence-electron chi connectivity index (χ0n) is 11.4. The van der Waals surface area contributed by atoms with Crippen LogP contribution in [0.2, 0.25) is 0 Å². The Labute approximate surface area is 112 Å². The summed E-state index contributed by atoms with van der Waals surface area (Å²) >= 11 is 0. The Morgan fingerprint density at radius 3 is 2.68 bits per heavy atom. The van der Waals surface area contributed by atoms with Crippen LogP contribution in [0.4, 0.5) is 13.2 Å². The number of halogens is 3. The minimum atomic E-state index is -4.10. The summed E-state index contributed by atoms with van der Waals surface area (Å²) in [5.74, 6) is -1.24. The molecule has 0 spiro atoms. The van der Waals surface area contributed by atoms with Crippen LogP contribution in [0.25, 0.3) is 0 Å². The number of alkyl halides is 3. The molecule has 2 aliphatic rings. The first kappa shape index (κ1) is 15.1. The number of methoxy groups -OCH3 is 1. The lowest BCUT2D eigenvalue weighted by Crippen LogP contribution is -2.40. The van der Waals surface area contributed by atoms with E-state index in [2.05, 4.69) is 5.32 Å². The van der Waals surface area contributed by atoms with Crippen molar-refractivity contribution in [3.05, 3.63) is 0 Å². The highest BCUT2D eigenvalue weighted by atomic mass is 19.4. The first-order chi connectivity index (χ1) is 8.95. The maximum atomic E-state index is 12.9. The predicted octanol–water partition coefficient (Wildman–Crippen LogP) is 1.89. The van der Waals surface area contributed by atoms with Gasteiger partial charge in [-0.25, -0.2) is 0 Å².